The summed E-state index contributed by atoms with van der Waals surface area (Å²) in [5.74, 6) is -0.0840. The lowest BCUT2D eigenvalue weighted by Gasteiger charge is -2.10. The lowest BCUT2D eigenvalue weighted by molar-refractivity contribution is -0.117. The van der Waals surface area contributed by atoms with Gasteiger partial charge in [0.15, 0.2) is 0 Å². The van der Waals surface area contributed by atoms with Gasteiger partial charge in [-0.1, -0.05) is 45.5 Å². The first-order valence-electron chi connectivity index (χ1n) is 9.75. The summed E-state index contributed by atoms with van der Waals surface area (Å²) in [5, 5.41) is 5.63. The molecule has 1 aromatic carbocycles. The van der Waals surface area contributed by atoms with Gasteiger partial charge in [0.25, 0.3) is 5.91 Å². The minimum absolute atomic E-state index is 0.00921. The monoisotopic (exact) mass is 377 g/mol. The van der Waals surface area contributed by atoms with Crippen molar-refractivity contribution in [1.29, 1.82) is 0 Å². The molecule has 0 heterocycles. The summed E-state index contributed by atoms with van der Waals surface area (Å²) in [6.07, 6.45) is 4.28. The van der Waals surface area contributed by atoms with E-state index in [1.165, 1.54) is 6.08 Å². The van der Waals surface area contributed by atoms with Gasteiger partial charge in [-0.05, 0) is 58.2 Å². The van der Waals surface area contributed by atoms with Crippen molar-refractivity contribution in [2.45, 2.75) is 78.9 Å². The van der Waals surface area contributed by atoms with Crippen molar-refractivity contribution in [2.24, 2.45) is 5.73 Å². The molecule has 0 aromatic heterocycles. The Morgan fingerprint density at radius 1 is 0.963 bits per heavy atom. The summed E-state index contributed by atoms with van der Waals surface area (Å²) in [5.41, 5.74) is 6.02. The van der Waals surface area contributed by atoms with Gasteiger partial charge in [-0.15, -0.1) is 0 Å². The fraction of sp³-hybridized carbons (Fsp3) is 0.545. The van der Waals surface area contributed by atoms with Crippen LogP contribution in [0.3, 0.4) is 0 Å². The molecule has 3 unspecified atom stereocenters. The van der Waals surface area contributed by atoms with E-state index in [0.717, 1.165) is 24.8 Å². The second-order valence-electron chi connectivity index (χ2n) is 6.56. The van der Waals surface area contributed by atoms with Crippen LogP contribution < -0.4 is 16.4 Å². The van der Waals surface area contributed by atoms with Gasteiger partial charge < -0.3 is 16.4 Å². The second-order valence-corrected chi connectivity index (χ2v) is 6.56. The molecule has 0 radical (unpaired) electrons. The molecule has 0 aliphatic rings. The van der Waals surface area contributed by atoms with E-state index >= 15 is 0 Å². The van der Waals surface area contributed by atoms with E-state index < -0.39 is 0 Å². The van der Waals surface area contributed by atoms with Crippen molar-refractivity contribution in [3.63, 3.8) is 0 Å². The maximum absolute atomic E-state index is 11.5. The number of rotatable bonds is 7. The topological polar surface area (TPSA) is 84.2 Å². The molecule has 0 spiro atoms. The third-order valence-corrected chi connectivity index (χ3v) is 3.86. The zero-order chi connectivity index (χ0) is 21.2. The van der Waals surface area contributed by atoms with Crippen LogP contribution in [0.25, 0.3) is 0 Å². The third kappa shape index (κ3) is 17.0. The Labute approximate surface area is 165 Å². The molecule has 5 nitrogen and oxygen atoms in total. The molecule has 27 heavy (non-hydrogen) atoms. The van der Waals surface area contributed by atoms with Gasteiger partial charge in [-0.25, -0.2) is 0 Å². The highest BCUT2D eigenvalue weighted by atomic mass is 16.2. The number of hydrogen-bond donors (Lipinski definition) is 3. The number of nitrogens with one attached hydrogen (secondary N) is 2. The van der Waals surface area contributed by atoms with E-state index in [-0.39, 0.29) is 23.9 Å². The van der Waals surface area contributed by atoms with E-state index in [4.69, 9.17) is 5.73 Å². The predicted molar refractivity (Wildman–Crippen MR) is 116 cm³/mol. The first kappa shape index (κ1) is 27.1. The Hall–Kier alpha value is -2.14. The Balaban J connectivity index is 0. The maximum atomic E-state index is 11.5. The van der Waals surface area contributed by atoms with Gasteiger partial charge in [0.05, 0.1) is 0 Å². The molecule has 2 amide bonds. The number of amides is 2. The highest BCUT2D eigenvalue weighted by Gasteiger charge is 2.06. The largest absolute Gasteiger partial charge is 0.350 e. The number of benzene rings is 1. The standard InChI is InChI=1S/C11H15NO.C7H13NO.C4H11N/c1-3-9(2)12-11(13)10-7-5-4-6-8-10;1-4-6(3)8-7(9)5-2;1-3-4(2)5/h4-9H,3H2,1-2H3,(H,12,13);5-6H,2,4H2,1,3H3,(H,8,9);4H,3,5H2,1-2H3. The highest BCUT2D eigenvalue weighted by molar-refractivity contribution is 5.94. The first-order valence-corrected chi connectivity index (χ1v) is 9.75. The molecule has 0 fully saturated rings. The molecule has 3 atom stereocenters. The van der Waals surface area contributed by atoms with Crippen LogP contribution in [0.1, 0.15) is 71.2 Å². The number of carbonyl (C=O) groups excluding carboxylic acids is 2. The Kier molecular flexibility index (Phi) is 17.3. The van der Waals surface area contributed by atoms with Crippen LogP contribution in [0.4, 0.5) is 0 Å². The fourth-order valence-corrected chi connectivity index (χ4v) is 1.40. The Morgan fingerprint density at radius 3 is 1.78 bits per heavy atom. The molecule has 0 aliphatic heterocycles. The average Bonchev–Trinajstić information content (AvgIpc) is 2.69. The Bertz CT molecular complexity index is 516. The lowest BCUT2D eigenvalue weighted by atomic mass is 10.2. The van der Waals surface area contributed by atoms with Crippen LogP contribution in [0.15, 0.2) is 43.0 Å². The van der Waals surface area contributed by atoms with Gasteiger partial charge in [0.1, 0.15) is 0 Å². The fourth-order valence-electron chi connectivity index (χ4n) is 1.40. The minimum Gasteiger partial charge on any atom is -0.350 e. The number of nitrogens with two attached hydrogens (primary N) is 1. The molecule has 4 N–H and O–H groups in total. The first-order chi connectivity index (χ1) is 12.7. The molecule has 0 saturated carbocycles. The van der Waals surface area contributed by atoms with Crippen molar-refractivity contribution >= 4 is 11.8 Å². The molecule has 0 bridgehead atoms. The van der Waals surface area contributed by atoms with Gasteiger partial charge >= 0.3 is 0 Å². The molecule has 0 saturated heterocycles. The minimum atomic E-state index is -0.0932. The SMILES string of the molecule is C=CC(=O)NC(C)CC.CCC(C)N.CCC(C)NC(=O)c1ccccc1. The van der Waals surface area contributed by atoms with Crippen LogP contribution in [-0.2, 0) is 4.79 Å². The normalized spacial score (nSPS) is 12.7. The van der Waals surface area contributed by atoms with Gasteiger partial charge in [0, 0.05) is 23.7 Å². The summed E-state index contributed by atoms with van der Waals surface area (Å²) in [6.45, 7) is 15.4. The van der Waals surface area contributed by atoms with E-state index in [0.29, 0.717) is 6.04 Å². The quantitative estimate of drug-likeness (QED) is 0.627. The number of hydrogen-bond acceptors (Lipinski definition) is 3. The lowest BCUT2D eigenvalue weighted by Crippen LogP contribution is -2.31. The van der Waals surface area contributed by atoms with Crippen molar-refractivity contribution in [2.75, 3.05) is 0 Å². The van der Waals surface area contributed by atoms with Gasteiger partial charge in [0.2, 0.25) is 5.91 Å². The van der Waals surface area contributed by atoms with Gasteiger partial charge in [-0.2, -0.15) is 0 Å². The summed E-state index contributed by atoms with van der Waals surface area (Å²) in [7, 11) is 0. The smallest absolute Gasteiger partial charge is 0.251 e. The van der Waals surface area contributed by atoms with E-state index in [1.807, 2.05) is 58.0 Å². The zero-order valence-electron chi connectivity index (χ0n) is 17.9. The highest BCUT2D eigenvalue weighted by Crippen LogP contribution is 1.99. The van der Waals surface area contributed by atoms with Crippen LogP contribution in [0.2, 0.25) is 0 Å². The van der Waals surface area contributed by atoms with Crippen molar-refractivity contribution in [1.82, 2.24) is 10.6 Å². The zero-order valence-corrected chi connectivity index (χ0v) is 17.9. The second kappa shape index (κ2) is 17.3. The van der Waals surface area contributed by atoms with Crippen LogP contribution >= 0.6 is 0 Å². The summed E-state index contributed by atoms with van der Waals surface area (Å²) < 4.78 is 0. The summed E-state index contributed by atoms with van der Waals surface area (Å²) in [4.78, 5) is 22.1. The Morgan fingerprint density at radius 2 is 1.41 bits per heavy atom. The van der Waals surface area contributed by atoms with Crippen molar-refractivity contribution < 1.29 is 9.59 Å². The summed E-state index contributed by atoms with van der Waals surface area (Å²) >= 11 is 0. The molecular weight excluding hydrogens is 338 g/mol. The summed E-state index contributed by atoms with van der Waals surface area (Å²) in [6, 6.07) is 10.2. The molecule has 0 aliphatic carbocycles. The molecule has 5 heteroatoms. The number of carbonyl (C=O) groups is 2. The van der Waals surface area contributed by atoms with Crippen molar-refractivity contribution in [3.8, 4) is 0 Å². The van der Waals surface area contributed by atoms with E-state index in [1.54, 1.807) is 0 Å². The van der Waals surface area contributed by atoms with Crippen molar-refractivity contribution in [3.05, 3.63) is 48.6 Å². The average molecular weight is 378 g/mol. The van der Waals surface area contributed by atoms with Crippen LogP contribution in [0, 0.1) is 0 Å². The van der Waals surface area contributed by atoms with Crippen LogP contribution in [0.5, 0.6) is 0 Å². The third-order valence-electron chi connectivity index (χ3n) is 3.86. The maximum Gasteiger partial charge on any atom is 0.251 e. The molecule has 154 valence electrons. The van der Waals surface area contributed by atoms with Crippen LogP contribution in [-0.4, -0.2) is 29.9 Å². The predicted octanol–water partition coefficient (Wildman–Crippen LogP) is 4.05. The molecular formula is C22H39N3O2. The van der Waals surface area contributed by atoms with Gasteiger partial charge in [-0.3, -0.25) is 9.59 Å². The molecule has 1 aromatic rings. The van der Waals surface area contributed by atoms with E-state index in [2.05, 4.69) is 31.1 Å². The van der Waals surface area contributed by atoms with E-state index in [9.17, 15) is 9.59 Å². The molecule has 1 rings (SSSR count).